The Morgan fingerprint density at radius 1 is 1.26 bits per heavy atom. The molecule has 1 aliphatic heterocycles. The maximum atomic E-state index is 11.9. The first-order chi connectivity index (χ1) is 9.34. The van der Waals surface area contributed by atoms with Gasteiger partial charge in [0.15, 0.2) is 6.61 Å². The Kier molecular flexibility index (Phi) is 3.27. The standard InChI is InChI=1S/C14H15N3O2/c18-13(17-7-3-4-8-17)10-19-14-12-6-2-1-5-11(12)9-15-16-14/h1-2,5-6,9H,3-4,7-8,10H2. The Hall–Kier alpha value is -2.17. The highest BCUT2D eigenvalue weighted by molar-refractivity contribution is 5.86. The summed E-state index contributed by atoms with van der Waals surface area (Å²) in [6, 6.07) is 7.71. The van der Waals surface area contributed by atoms with Crippen LogP contribution in [0.5, 0.6) is 5.88 Å². The van der Waals surface area contributed by atoms with E-state index < -0.39 is 0 Å². The molecule has 0 aliphatic carbocycles. The molecule has 0 N–H and O–H groups in total. The van der Waals surface area contributed by atoms with E-state index in [4.69, 9.17) is 4.74 Å². The number of ether oxygens (including phenoxy) is 1. The van der Waals surface area contributed by atoms with Crippen molar-refractivity contribution in [3.8, 4) is 5.88 Å². The molecule has 0 bridgehead atoms. The van der Waals surface area contributed by atoms with Gasteiger partial charge in [-0.3, -0.25) is 4.79 Å². The monoisotopic (exact) mass is 257 g/mol. The highest BCUT2D eigenvalue weighted by Gasteiger charge is 2.18. The van der Waals surface area contributed by atoms with E-state index in [9.17, 15) is 4.79 Å². The molecule has 0 atom stereocenters. The zero-order valence-corrected chi connectivity index (χ0v) is 10.6. The predicted molar refractivity (Wildman–Crippen MR) is 70.8 cm³/mol. The molecule has 19 heavy (non-hydrogen) atoms. The summed E-state index contributed by atoms with van der Waals surface area (Å²) < 4.78 is 5.53. The lowest BCUT2D eigenvalue weighted by Crippen LogP contribution is -2.32. The minimum absolute atomic E-state index is 0.0206. The van der Waals surface area contributed by atoms with Crippen LogP contribution in [0.25, 0.3) is 10.8 Å². The van der Waals surface area contributed by atoms with E-state index in [1.54, 1.807) is 6.20 Å². The van der Waals surface area contributed by atoms with E-state index in [1.807, 2.05) is 29.2 Å². The molecule has 5 nitrogen and oxygen atoms in total. The molecular formula is C14H15N3O2. The van der Waals surface area contributed by atoms with Gasteiger partial charge in [0.1, 0.15) is 0 Å². The van der Waals surface area contributed by atoms with Crippen LogP contribution in [-0.2, 0) is 4.79 Å². The lowest BCUT2D eigenvalue weighted by Gasteiger charge is -2.15. The Bertz CT molecular complexity index is 589. The molecule has 2 heterocycles. The first-order valence-electron chi connectivity index (χ1n) is 6.45. The number of rotatable bonds is 3. The molecular weight excluding hydrogens is 242 g/mol. The maximum Gasteiger partial charge on any atom is 0.260 e. The predicted octanol–water partition coefficient (Wildman–Crippen LogP) is 1.63. The number of carbonyl (C=O) groups excluding carboxylic acids is 1. The molecule has 98 valence electrons. The van der Waals surface area contributed by atoms with Crippen molar-refractivity contribution in [3.63, 3.8) is 0 Å². The van der Waals surface area contributed by atoms with Crippen molar-refractivity contribution in [3.05, 3.63) is 30.5 Å². The quantitative estimate of drug-likeness (QED) is 0.838. The number of carbonyl (C=O) groups is 1. The summed E-state index contributed by atoms with van der Waals surface area (Å²) in [7, 11) is 0. The largest absolute Gasteiger partial charge is 0.466 e. The molecule has 0 unspecified atom stereocenters. The minimum Gasteiger partial charge on any atom is -0.466 e. The normalized spacial score (nSPS) is 14.8. The third-order valence-corrected chi connectivity index (χ3v) is 3.33. The van der Waals surface area contributed by atoms with Gasteiger partial charge in [-0.15, -0.1) is 5.10 Å². The van der Waals surface area contributed by atoms with Crippen molar-refractivity contribution in [2.45, 2.75) is 12.8 Å². The Morgan fingerprint density at radius 2 is 2.05 bits per heavy atom. The molecule has 1 aliphatic rings. The van der Waals surface area contributed by atoms with Gasteiger partial charge >= 0.3 is 0 Å². The Morgan fingerprint density at radius 3 is 2.89 bits per heavy atom. The van der Waals surface area contributed by atoms with Gasteiger partial charge in [-0.2, -0.15) is 5.10 Å². The first kappa shape index (κ1) is 11.9. The van der Waals surface area contributed by atoms with Crippen molar-refractivity contribution in [1.82, 2.24) is 15.1 Å². The summed E-state index contributed by atoms with van der Waals surface area (Å²) in [6.07, 6.45) is 3.85. The van der Waals surface area contributed by atoms with E-state index in [2.05, 4.69) is 10.2 Å². The minimum atomic E-state index is 0.0206. The highest BCUT2D eigenvalue weighted by Crippen LogP contribution is 2.21. The summed E-state index contributed by atoms with van der Waals surface area (Å²) in [4.78, 5) is 13.7. The average molecular weight is 257 g/mol. The zero-order valence-electron chi connectivity index (χ0n) is 10.6. The molecule has 0 radical (unpaired) electrons. The van der Waals surface area contributed by atoms with E-state index >= 15 is 0 Å². The fraction of sp³-hybridized carbons (Fsp3) is 0.357. The third kappa shape index (κ3) is 2.50. The van der Waals surface area contributed by atoms with Crippen LogP contribution >= 0.6 is 0 Å². The number of aromatic nitrogens is 2. The smallest absolute Gasteiger partial charge is 0.260 e. The van der Waals surface area contributed by atoms with E-state index in [0.717, 1.165) is 36.7 Å². The number of fused-ring (bicyclic) bond motifs is 1. The second kappa shape index (κ2) is 5.22. The molecule has 1 aromatic carbocycles. The van der Waals surface area contributed by atoms with E-state index in [1.165, 1.54) is 0 Å². The van der Waals surface area contributed by atoms with Crippen molar-refractivity contribution >= 4 is 16.7 Å². The molecule has 0 saturated carbocycles. The van der Waals surface area contributed by atoms with Crippen LogP contribution < -0.4 is 4.74 Å². The molecule has 0 spiro atoms. The van der Waals surface area contributed by atoms with Crippen LogP contribution in [0.4, 0.5) is 0 Å². The molecule has 1 saturated heterocycles. The van der Waals surface area contributed by atoms with Gasteiger partial charge in [-0.05, 0) is 18.9 Å². The van der Waals surface area contributed by atoms with E-state index in [-0.39, 0.29) is 12.5 Å². The van der Waals surface area contributed by atoms with Gasteiger partial charge in [-0.1, -0.05) is 18.2 Å². The summed E-state index contributed by atoms with van der Waals surface area (Å²) in [5.41, 5.74) is 0. The first-order valence-corrected chi connectivity index (χ1v) is 6.45. The van der Waals surface area contributed by atoms with Crippen molar-refractivity contribution in [2.75, 3.05) is 19.7 Å². The molecule has 2 aromatic rings. The van der Waals surface area contributed by atoms with Gasteiger partial charge in [0.25, 0.3) is 5.91 Å². The van der Waals surface area contributed by atoms with Crippen LogP contribution in [-0.4, -0.2) is 40.7 Å². The fourth-order valence-corrected chi connectivity index (χ4v) is 2.30. The number of benzene rings is 1. The lowest BCUT2D eigenvalue weighted by molar-refractivity contribution is -0.132. The Balaban J connectivity index is 1.73. The van der Waals surface area contributed by atoms with Gasteiger partial charge in [0.2, 0.25) is 5.88 Å². The number of likely N-dealkylation sites (tertiary alicyclic amines) is 1. The molecule has 5 heteroatoms. The van der Waals surface area contributed by atoms with Gasteiger partial charge in [-0.25, -0.2) is 0 Å². The van der Waals surface area contributed by atoms with Crippen molar-refractivity contribution in [1.29, 1.82) is 0 Å². The Labute approximate surface area is 111 Å². The van der Waals surface area contributed by atoms with Gasteiger partial charge in [0.05, 0.1) is 6.20 Å². The number of hydrogen-bond donors (Lipinski definition) is 0. The highest BCUT2D eigenvalue weighted by atomic mass is 16.5. The van der Waals surface area contributed by atoms with Crippen LogP contribution in [0.15, 0.2) is 30.5 Å². The van der Waals surface area contributed by atoms with Gasteiger partial charge < -0.3 is 9.64 Å². The topological polar surface area (TPSA) is 55.3 Å². The van der Waals surface area contributed by atoms with Gasteiger partial charge in [0, 0.05) is 23.9 Å². The van der Waals surface area contributed by atoms with Crippen LogP contribution in [0.1, 0.15) is 12.8 Å². The summed E-state index contributed by atoms with van der Waals surface area (Å²) in [5, 5.41) is 9.69. The third-order valence-electron chi connectivity index (χ3n) is 3.33. The summed E-state index contributed by atoms with van der Waals surface area (Å²) in [5.74, 6) is 0.442. The maximum absolute atomic E-state index is 11.9. The number of hydrogen-bond acceptors (Lipinski definition) is 4. The number of amides is 1. The van der Waals surface area contributed by atoms with Crippen LogP contribution in [0.2, 0.25) is 0 Å². The van der Waals surface area contributed by atoms with E-state index in [0.29, 0.717) is 5.88 Å². The van der Waals surface area contributed by atoms with Crippen molar-refractivity contribution < 1.29 is 9.53 Å². The lowest BCUT2D eigenvalue weighted by atomic mass is 10.2. The fourth-order valence-electron chi connectivity index (χ4n) is 2.30. The summed E-state index contributed by atoms with van der Waals surface area (Å²) in [6.45, 7) is 1.70. The molecule has 1 fully saturated rings. The second-order valence-electron chi connectivity index (χ2n) is 4.61. The van der Waals surface area contributed by atoms with Crippen LogP contribution in [0, 0.1) is 0 Å². The molecule has 3 rings (SSSR count). The second-order valence-corrected chi connectivity index (χ2v) is 4.61. The van der Waals surface area contributed by atoms with Crippen molar-refractivity contribution in [2.24, 2.45) is 0 Å². The molecule has 1 amide bonds. The molecule has 1 aromatic heterocycles. The van der Waals surface area contributed by atoms with Crippen LogP contribution in [0.3, 0.4) is 0 Å². The average Bonchev–Trinajstić information content (AvgIpc) is 2.99. The summed E-state index contributed by atoms with van der Waals surface area (Å²) >= 11 is 0. The number of nitrogens with zero attached hydrogens (tertiary/aromatic N) is 3. The SMILES string of the molecule is O=C(COc1nncc2ccccc12)N1CCCC1. The zero-order chi connectivity index (χ0) is 13.1.